The maximum Gasteiger partial charge on any atom is 0.151 e. The minimum absolute atomic E-state index is 0.651. The number of nitrogens with one attached hydrogen (secondary N) is 1. The first-order valence-corrected chi connectivity index (χ1v) is 8.38. The number of methoxy groups -OCH3 is 1. The molecule has 3 heterocycles. The monoisotopic (exact) mass is 313 g/mol. The van der Waals surface area contributed by atoms with E-state index >= 15 is 0 Å². The van der Waals surface area contributed by atoms with E-state index in [1.54, 1.807) is 7.11 Å². The number of nitrogens with zero attached hydrogens (tertiary/aromatic N) is 2. The summed E-state index contributed by atoms with van der Waals surface area (Å²) in [4.78, 5) is 2.55. The van der Waals surface area contributed by atoms with Gasteiger partial charge in [-0.05, 0) is 56.1 Å². The van der Waals surface area contributed by atoms with Gasteiger partial charge in [0, 0.05) is 24.2 Å². The number of benzene rings is 1. The number of aromatic nitrogens is 1. The third-order valence-electron chi connectivity index (χ3n) is 5.10. The van der Waals surface area contributed by atoms with Crippen molar-refractivity contribution in [3.8, 4) is 17.0 Å². The van der Waals surface area contributed by atoms with Crippen molar-refractivity contribution in [3.05, 3.63) is 36.1 Å². The smallest absolute Gasteiger partial charge is 0.151 e. The number of fused-ring (bicyclic) bond motifs is 1. The van der Waals surface area contributed by atoms with E-state index in [0.29, 0.717) is 6.04 Å². The first kappa shape index (κ1) is 14.7. The number of likely N-dealkylation sites (tertiary alicyclic amines) is 1. The zero-order chi connectivity index (χ0) is 15.6. The normalized spacial score (nSPS) is 24.6. The van der Waals surface area contributed by atoms with E-state index in [2.05, 4.69) is 21.4 Å². The predicted molar refractivity (Wildman–Crippen MR) is 88.3 cm³/mol. The fraction of sp³-hybridized carbons (Fsp3) is 0.500. The van der Waals surface area contributed by atoms with Crippen LogP contribution in [0.3, 0.4) is 0 Å². The Hall–Kier alpha value is -1.85. The van der Waals surface area contributed by atoms with Gasteiger partial charge >= 0.3 is 0 Å². The van der Waals surface area contributed by atoms with Crippen molar-refractivity contribution < 1.29 is 9.26 Å². The summed E-state index contributed by atoms with van der Waals surface area (Å²) < 4.78 is 10.8. The third-order valence-corrected chi connectivity index (χ3v) is 5.10. The quantitative estimate of drug-likeness (QED) is 0.940. The van der Waals surface area contributed by atoms with Gasteiger partial charge in [-0.25, -0.2) is 0 Å². The highest BCUT2D eigenvalue weighted by atomic mass is 16.5. The fourth-order valence-electron chi connectivity index (χ4n) is 3.85. The first-order chi connectivity index (χ1) is 11.3. The van der Waals surface area contributed by atoms with Gasteiger partial charge in [0.1, 0.15) is 11.4 Å². The van der Waals surface area contributed by atoms with Crippen LogP contribution < -0.4 is 10.1 Å². The molecule has 0 unspecified atom stereocenters. The summed E-state index contributed by atoms with van der Waals surface area (Å²) in [5.74, 6) is 2.60. The summed E-state index contributed by atoms with van der Waals surface area (Å²) in [6.45, 7) is 4.27. The van der Waals surface area contributed by atoms with Crippen LogP contribution >= 0.6 is 0 Å². The molecule has 2 aliphatic rings. The van der Waals surface area contributed by atoms with Gasteiger partial charge in [0.15, 0.2) is 5.76 Å². The van der Waals surface area contributed by atoms with E-state index < -0.39 is 0 Å². The van der Waals surface area contributed by atoms with Crippen LogP contribution in [0.5, 0.6) is 5.75 Å². The van der Waals surface area contributed by atoms with E-state index in [1.807, 2.05) is 24.3 Å². The van der Waals surface area contributed by atoms with Crippen molar-refractivity contribution >= 4 is 0 Å². The average Bonchev–Trinajstić information content (AvgIpc) is 3.25. The Morgan fingerprint density at radius 3 is 3.00 bits per heavy atom. The molecule has 5 heteroatoms. The fourth-order valence-corrected chi connectivity index (χ4v) is 3.85. The van der Waals surface area contributed by atoms with Gasteiger partial charge in [0.2, 0.25) is 0 Å². The van der Waals surface area contributed by atoms with E-state index in [4.69, 9.17) is 9.26 Å². The van der Waals surface area contributed by atoms with Gasteiger partial charge in [-0.2, -0.15) is 0 Å². The standard InChI is InChI=1S/C18H23N3O2/c1-22-15-6-4-13(5-7-15)17-9-16(23-20-17)12-21-8-2-3-14-10-19-11-18(14)21/h4-7,9,14,18-19H,2-3,8,10-12H2,1H3/t14-,18+/m0/s1. The predicted octanol–water partition coefficient (Wildman–Crippen LogP) is 2.53. The summed E-state index contributed by atoms with van der Waals surface area (Å²) in [6, 6.07) is 10.6. The highest BCUT2D eigenvalue weighted by molar-refractivity contribution is 5.59. The molecule has 23 heavy (non-hydrogen) atoms. The van der Waals surface area contributed by atoms with Crippen LogP contribution in [-0.4, -0.2) is 42.8 Å². The van der Waals surface area contributed by atoms with E-state index in [1.165, 1.54) is 12.8 Å². The van der Waals surface area contributed by atoms with E-state index in [0.717, 1.165) is 54.9 Å². The Balaban J connectivity index is 1.47. The lowest BCUT2D eigenvalue weighted by Crippen LogP contribution is -2.44. The molecule has 1 aromatic carbocycles. The Kier molecular flexibility index (Phi) is 4.06. The lowest BCUT2D eigenvalue weighted by molar-refractivity contribution is 0.106. The molecule has 2 aromatic rings. The molecule has 2 aliphatic heterocycles. The van der Waals surface area contributed by atoms with Crippen molar-refractivity contribution in [2.75, 3.05) is 26.7 Å². The molecule has 0 aliphatic carbocycles. The topological polar surface area (TPSA) is 50.5 Å². The highest BCUT2D eigenvalue weighted by Crippen LogP contribution is 2.29. The maximum absolute atomic E-state index is 5.58. The van der Waals surface area contributed by atoms with Gasteiger partial charge in [-0.3, -0.25) is 4.90 Å². The van der Waals surface area contributed by atoms with Gasteiger partial charge in [0.25, 0.3) is 0 Å². The second kappa shape index (κ2) is 6.34. The number of ether oxygens (including phenoxy) is 1. The molecular weight excluding hydrogens is 290 g/mol. The average molecular weight is 313 g/mol. The van der Waals surface area contributed by atoms with E-state index in [-0.39, 0.29) is 0 Å². The molecule has 4 rings (SSSR count). The van der Waals surface area contributed by atoms with Crippen molar-refractivity contribution in [1.29, 1.82) is 0 Å². The van der Waals surface area contributed by atoms with Crippen LogP contribution in [0, 0.1) is 5.92 Å². The second-order valence-corrected chi connectivity index (χ2v) is 6.51. The molecular formula is C18H23N3O2. The van der Waals surface area contributed by atoms with Gasteiger partial charge in [-0.15, -0.1) is 0 Å². The summed E-state index contributed by atoms with van der Waals surface area (Å²) >= 11 is 0. The Bertz CT molecular complexity index is 653. The third kappa shape index (κ3) is 2.99. The van der Waals surface area contributed by atoms with Gasteiger partial charge in [-0.1, -0.05) is 5.16 Å². The first-order valence-electron chi connectivity index (χ1n) is 8.38. The van der Waals surface area contributed by atoms with Gasteiger partial charge in [0.05, 0.1) is 13.7 Å². The molecule has 5 nitrogen and oxygen atoms in total. The molecule has 2 atom stereocenters. The lowest BCUT2D eigenvalue weighted by atomic mass is 9.92. The van der Waals surface area contributed by atoms with Crippen molar-refractivity contribution in [3.63, 3.8) is 0 Å². The highest BCUT2D eigenvalue weighted by Gasteiger charge is 2.35. The van der Waals surface area contributed by atoms with Crippen molar-refractivity contribution in [2.24, 2.45) is 5.92 Å². The molecule has 1 N–H and O–H groups in total. The number of hydrogen-bond donors (Lipinski definition) is 1. The van der Waals surface area contributed by atoms with Crippen LogP contribution in [-0.2, 0) is 6.54 Å². The second-order valence-electron chi connectivity index (χ2n) is 6.51. The molecule has 122 valence electrons. The number of hydrogen-bond acceptors (Lipinski definition) is 5. The maximum atomic E-state index is 5.58. The SMILES string of the molecule is COc1ccc(-c2cc(CN3CCC[C@H]4CNC[C@H]43)on2)cc1. The Labute approximate surface area is 136 Å². The lowest BCUT2D eigenvalue weighted by Gasteiger charge is -2.36. The van der Waals surface area contributed by atoms with Gasteiger partial charge < -0.3 is 14.6 Å². The summed E-state index contributed by atoms with van der Waals surface area (Å²) in [5.41, 5.74) is 1.95. The molecule has 0 bridgehead atoms. The number of rotatable bonds is 4. The molecule has 0 spiro atoms. The summed E-state index contributed by atoms with van der Waals surface area (Å²) in [6.07, 6.45) is 2.63. The molecule has 0 amide bonds. The largest absolute Gasteiger partial charge is 0.497 e. The molecule has 0 saturated carbocycles. The van der Waals surface area contributed by atoms with Crippen molar-refractivity contribution in [2.45, 2.75) is 25.4 Å². The molecule has 2 fully saturated rings. The number of piperidine rings is 1. The van der Waals surface area contributed by atoms with Crippen molar-refractivity contribution in [1.82, 2.24) is 15.4 Å². The Morgan fingerprint density at radius 2 is 2.17 bits per heavy atom. The zero-order valence-electron chi connectivity index (χ0n) is 13.5. The van der Waals surface area contributed by atoms with E-state index in [9.17, 15) is 0 Å². The van der Waals surface area contributed by atoms with Crippen LogP contribution in [0.25, 0.3) is 11.3 Å². The zero-order valence-corrected chi connectivity index (χ0v) is 13.5. The summed E-state index contributed by atoms with van der Waals surface area (Å²) in [7, 11) is 1.67. The van der Waals surface area contributed by atoms with Crippen LogP contribution in [0.4, 0.5) is 0 Å². The Morgan fingerprint density at radius 1 is 1.30 bits per heavy atom. The van der Waals surface area contributed by atoms with Crippen LogP contribution in [0.1, 0.15) is 18.6 Å². The minimum atomic E-state index is 0.651. The molecule has 2 saturated heterocycles. The summed E-state index contributed by atoms with van der Waals surface area (Å²) in [5, 5.41) is 7.76. The molecule has 1 aromatic heterocycles. The minimum Gasteiger partial charge on any atom is -0.497 e. The van der Waals surface area contributed by atoms with Crippen LogP contribution in [0.2, 0.25) is 0 Å². The molecule has 0 radical (unpaired) electrons. The van der Waals surface area contributed by atoms with Crippen LogP contribution in [0.15, 0.2) is 34.9 Å².